The fourth-order valence-corrected chi connectivity index (χ4v) is 2.77. The average molecular weight is 350 g/mol. The van der Waals surface area contributed by atoms with Crippen LogP contribution in [0.3, 0.4) is 0 Å². The minimum Gasteiger partial charge on any atom is -0.495 e. The number of carbonyl (C=O) groups excluding carboxylic acids is 2. The van der Waals surface area contributed by atoms with Crippen LogP contribution >= 0.6 is 0 Å². The Balaban J connectivity index is 1.69. The summed E-state index contributed by atoms with van der Waals surface area (Å²) in [7, 11) is 1.54. The molecule has 2 heterocycles. The van der Waals surface area contributed by atoms with Gasteiger partial charge in [0.15, 0.2) is 5.69 Å². The van der Waals surface area contributed by atoms with Gasteiger partial charge in [0, 0.05) is 12.2 Å². The summed E-state index contributed by atoms with van der Waals surface area (Å²) < 4.78 is 6.88. The van der Waals surface area contributed by atoms with Crippen LogP contribution in [-0.2, 0) is 0 Å². The summed E-state index contributed by atoms with van der Waals surface area (Å²) in [5, 5.41) is 5.71. The molecule has 7 nitrogen and oxygen atoms in total. The number of imidazole rings is 1. The zero-order valence-corrected chi connectivity index (χ0v) is 14.2. The number of hydrogen-bond acceptors (Lipinski definition) is 4. The largest absolute Gasteiger partial charge is 0.495 e. The van der Waals surface area contributed by atoms with Crippen molar-refractivity contribution in [3.05, 3.63) is 60.2 Å². The molecular formula is C19H18N4O3. The summed E-state index contributed by atoms with van der Waals surface area (Å²) in [4.78, 5) is 29.6. The van der Waals surface area contributed by atoms with Crippen LogP contribution in [0, 0.1) is 0 Å². The summed E-state index contributed by atoms with van der Waals surface area (Å²) in [5.74, 6) is 0.0228. The van der Waals surface area contributed by atoms with Gasteiger partial charge in [-0.15, -0.1) is 0 Å². The number of pyridine rings is 1. The van der Waals surface area contributed by atoms with E-state index in [2.05, 4.69) is 15.6 Å². The Morgan fingerprint density at radius 1 is 1.12 bits per heavy atom. The monoisotopic (exact) mass is 350 g/mol. The van der Waals surface area contributed by atoms with E-state index < -0.39 is 5.91 Å². The lowest BCUT2D eigenvalue weighted by Gasteiger charge is -2.09. The second-order valence-corrected chi connectivity index (χ2v) is 6.14. The van der Waals surface area contributed by atoms with Gasteiger partial charge in [0.2, 0.25) is 5.82 Å². The molecule has 1 aliphatic carbocycles. The van der Waals surface area contributed by atoms with Crippen molar-refractivity contribution in [1.82, 2.24) is 14.7 Å². The second kappa shape index (κ2) is 6.51. The van der Waals surface area contributed by atoms with Gasteiger partial charge in [0.05, 0.1) is 18.3 Å². The number of fused-ring (bicyclic) bond motifs is 1. The first kappa shape index (κ1) is 16.1. The van der Waals surface area contributed by atoms with E-state index in [1.807, 2.05) is 12.1 Å². The van der Waals surface area contributed by atoms with Gasteiger partial charge in [-0.25, -0.2) is 4.98 Å². The first-order chi connectivity index (χ1) is 12.7. The molecule has 2 amide bonds. The molecule has 0 saturated heterocycles. The molecule has 1 aromatic carbocycles. The molecule has 0 unspecified atom stereocenters. The molecule has 26 heavy (non-hydrogen) atoms. The Kier molecular flexibility index (Phi) is 4.04. The standard InChI is InChI=1S/C19H18N4O3/c1-26-15-8-3-2-6-13(15)21-19(25)17-22-16(18(24)20-12-9-10-12)14-7-4-5-11-23(14)17/h2-8,11-12H,9-10H2,1H3,(H,20,24)(H,21,25). The van der Waals surface area contributed by atoms with Gasteiger partial charge in [0.25, 0.3) is 11.8 Å². The predicted octanol–water partition coefficient (Wildman–Crippen LogP) is 2.49. The van der Waals surface area contributed by atoms with Crippen LogP contribution in [0.1, 0.15) is 33.9 Å². The van der Waals surface area contributed by atoms with Crippen molar-refractivity contribution in [1.29, 1.82) is 0 Å². The van der Waals surface area contributed by atoms with Crippen molar-refractivity contribution in [3.8, 4) is 5.75 Å². The smallest absolute Gasteiger partial charge is 0.292 e. The third-order valence-electron chi connectivity index (χ3n) is 4.23. The average Bonchev–Trinajstić information content (AvgIpc) is 3.38. The van der Waals surface area contributed by atoms with Crippen molar-refractivity contribution in [2.75, 3.05) is 12.4 Å². The number of methoxy groups -OCH3 is 1. The maximum Gasteiger partial charge on any atom is 0.292 e. The number of aromatic nitrogens is 2. The summed E-state index contributed by atoms with van der Waals surface area (Å²) in [6.45, 7) is 0. The fraction of sp³-hybridized carbons (Fsp3) is 0.211. The van der Waals surface area contributed by atoms with Crippen molar-refractivity contribution < 1.29 is 14.3 Å². The number of hydrogen-bond donors (Lipinski definition) is 2. The number of nitrogens with zero attached hydrogens (tertiary/aromatic N) is 2. The maximum atomic E-state index is 12.8. The molecule has 2 aromatic heterocycles. The van der Waals surface area contributed by atoms with Crippen LogP contribution in [0.15, 0.2) is 48.7 Å². The zero-order chi connectivity index (χ0) is 18.1. The van der Waals surface area contributed by atoms with Gasteiger partial charge in [-0.1, -0.05) is 18.2 Å². The number of rotatable bonds is 5. The molecule has 0 spiro atoms. The van der Waals surface area contributed by atoms with E-state index in [1.165, 1.54) is 7.11 Å². The van der Waals surface area contributed by atoms with Crippen LogP contribution in [0.5, 0.6) is 5.75 Å². The molecule has 1 aliphatic rings. The molecule has 3 aromatic rings. The Morgan fingerprint density at radius 3 is 2.65 bits per heavy atom. The lowest BCUT2D eigenvalue weighted by atomic mass is 10.3. The molecule has 2 N–H and O–H groups in total. The Hall–Kier alpha value is -3.35. The molecule has 0 aliphatic heterocycles. The molecule has 1 fully saturated rings. The van der Waals surface area contributed by atoms with E-state index in [-0.39, 0.29) is 23.5 Å². The van der Waals surface area contributed by atoms with E-state index >= 15 is 0 Å². The normalized spacial score (nSPS) is 13.4. The quantitative estimate of drug-likeness (QED) is 0.740. The molecule has 0 radical (unpaired) electrons. The SMILES string of the molecule is COc1ccccc1NC(=O)c1nc(C(=O)NC2CC2)c2ccccn12. The van der Waals surface area contributed by atoms with Crippen molar-refractivity contribution >= 4 is 23.0 Å². The zero-order valence-electron chi connectivity index (χ0n) is 14.2. The molecule has 0 bridgehead atoms. The summed E-state index contributed by atoms with van der Waals surface area (Å²) >= 11 is 0. The van der Waals surface area contributed by atoms with Crippen LogP contribution < -0.4 is 15.4 Å². The topological polar surface area (TPSA) is 84.7 Å². The van der Waals surface area contributed by atoms with E-state index in [4.69, 9.17) is 4.74 Å². The van der Waals surface area contributed by atoms with Gasteiger partial charge < -0.3 is 15.4 Å². The van der Waals surface area contributed by atoms with E-state index in [0.717, 1.165) is 12.8 Å². The first-order valence-electron chi connectivity index (χ1n) is 8.39. The third kappa shape index (κ3) is 2.99. The van der Waals surface area contributed by atoms with E-state index in [9.17, 15) is 9.59 Å². The molecular weight excluding hydrogens is 332 g/mol. The highest BCUT2D eigenvalue weighted by Gasteiger charge is 2.27. The van der Waals surface area contributed by atoms with Gasteiger partial charge in [-0.2, -0.15) is 0 Å². The van der Waals surface area contributed by atoms with Gasteiger partial charge in [0.1, 0.15) is 5.75 Å². The van der Waals surface area contributed by atoms with E-state index in [1.54, 1.807) is 40.9 Å². The maximum absolute atomic E-state index is 12.8. The minimum absolute atomic E-state index is 0.146. The molecule has 0 atom stereocenters. The van der Waals surface area contributed by atoms with Crippen molar-refractivity contribution in [3.63, 3.8) is 0 Å². The van der Waals surface area contributed by atoms with Crippen LogP contribution in [0.4, 0.5) is 5.69 Å². The molecule has 4 rings (SSSR count). The number of anilines is 1. The number of amides is 2. The van der Waals surface area contributed by atoms with Crippen molar-refractivity contribution in [2.45, 2.75) is 18.9 Å². The number of benzene rings is 1. The number of ether oxygens (including phenoxy) is 1. The Bertz CT molecular complexity index is 991. The van der Waals surface area contributed by atoms with Gasteiger partial charge >= 0.3 is 0 Å². The predicted molar refractivity (Wildman–Crippen MR) is 96.6 cm³/mol. The van der Waals surface area contributed by atoms with Crippen LogP contribution in [0.25, 0.3) is 5.52 Å². The van der Waals surface area contributed by atoms with Gasteiger partial charge in [-0.3, -0.25) is 14.0 Å². The summed E-state index contributed by atoms with van der Waals surface area (Å²) in [6.07, 6.45) is 3.69. The van der Waals surface area contributed by atoms with Crippen LogP contribution in [0.2, 0.25) is 0 Å². The lowest BCUT2D eigenvalue weighted by Crippen LogP contribution is -2.26. The second-order valence-electron chi connectivity index (χ2n) is 6.14. The number of nitrogens with one attached hydrogen (secondary N) is 2. The summed E-state index contributed by atoms with van der Waals surface area (Å²) in [5.41, 5.74) is 1.38. The fourth-order valence-electron chi connectivity index (χ4n) is 2.77. The van der Waals surface area contributed by atoms with Crippen molar-refractivity contribution in [2.24, 2.45) is 0 Å². The minimum atomic E-state index is -0.416. The highest BCUT2D eigenvalue weighted by Crippen LogP contribution is 2.24. The lowest BCUT2D eigenvalue weighted by molar-refractivity contribution is 0.0948. The Labute approximate surface area is 150 Å². The summed E-state index contributed by atoms with van der Waals surface area (Å²) in [6, 6.07) is 12.7. The third-order valence-corrected chi connectivity index (χ3v) is 4.23. The molecule has 7 heteroatoms. The van der Waals surface area contributed by atoms with Crippen LogP contribution in [-0.4, -0.2) is 34.4 Å². The number of para-hydroxylation sites is 2. The van der Waals surface area contributed by atoms with Gasteiger partial charge in [-0.05, 0) is 37.1 Å². The number of carbonyl (C=O) groups is 2. The van der Waals surface area contributed by atoms with E-state index in [0.29, 0.717) is 17.0 Å². The highest BCUT2D eigenvalue weighted by atomic mass is 16.5. The Morgan fingerprint density at radius 2 is 1.88 bits per heavy atom. The molecule has 1 saturated carbocycles. The first-order valence-corrected chi connectivity index (χ1v) is 8.39. The highest BCUT2D eigenvalue weighted by molar-refractivity contribution is 6.06. The molecule has 132 valence electrons.